The summed E-state index contributed by atoms with van der Waals surface area (Å²) in [4.78, 5) is 55.6. The summed E-state index contributed by atoms with van der Waals surface area (Å²) in [5.41, 5.74) is -0.296. The maximum atomic E-state index is 13.3. The molecule has 2 unspecified atom stereocenters. The predicted octanol–water partition coefficient (Wildman–Crippen LogP) is 3.70. The highest BCUT2D eigenvalue weighted by molar-refractivity contribution is 5.98. The summed E-state index contributed by atoms with van der Waals surface area (Å²) < 4.78 is 12.6. The topological polar surface area (TPSA) is 153 Å². The molecule has 3 rings (SSSR count). The molecule has 4 amide bonds. The highest BCUT2D eigenvalue weighted by Gasteiger charge is 2.34. The number of ether oxygens (including phenoxy) is 2. The lowest BCUT2D eigenvalue weighted by molar-refractivity contribution is -0.131. The molecule has 0 aliphatic heterocycles. The molecule has 0 fully saturated rings. The average molecular weight is 607 g/mol. The Bertz CT molecular complexity index is 1400. The van der Waals surface area contributed by atoms with Crippen LogP contribution in [-0.4, -0.2) is 57.2 Å². The van der Waals surface area contributed by atoms with Crippen molar-refractivity contribution in [3.8, 4) is 0 Å². The van der Waals surface area contributed by atoms with Crippen LogP contribution >= 0.6 is 0 Å². The summed E-state index contributed by atoms with van der Waals surface area (Å²) >= 11 is 0. The third-order valence-corrected chi connectivity index (χ3v) is 6.29. The second kappa shape index (κ2) is 15.1. The lowest BCUT2D eigenvalue weighted by Gasteiger charge is -2.29. The summed E-state index contributed by atoms with van der Waals surface area (Å²) in [6, 6.07) is 17.7. The van der Waals surface area contributed by atoms with Crippen LogP contribution in [0.25, 0.3) is 0 Å². The monoisotopic (exact) mass is 606 g/mol. The number of nitrogens with one attached hydrogen (secondary N) is 4. The van der Waals surface area contributed by atoms with Gasteiger partial charge in [-0.1, -0.05) is 60.7 Å². The zero-order valence-electron chi connectivity index (χ0n) is 26.0. The quantitative estimate of drug-likeness (QED) is 0.231. The number of benzene rings is 2. The molecule has 0 spiro atoms. The Morgan fingerprint density at radius 3 is 2.18 bits per heavy atom. The first kappa shape index (κ1) is 33.8. The number of nitrogens with zero attached hydrogens (tertiary/aromatic N) is 2. The van der Waals surface area contributed by atoms with E-state index in [-0.39, 0.29) is 37.5 Å². The highest BCUT2D eigenvalue weighted by atomic mass is 16.6. The van der Waals surface area contributed by atoms with Crippen LogP contribution in [0.15, 0.2) is 73.2 Å². The van der Waals surface area contributed by atoms with Gasteiger partial charge in [-0.3, -0.25) is 14.4 Å². The summed E-state index contributed by atoms with van der Waals surface area (Å²) in [6.07, 6.45) is 2.17. The van der Waals surface area contributed by atoms with E-state index in [4.69, 9.17) is 9.47 Å². The normalized spacial score (nSPS) is 12.9. The van der Waals surface area contributed by atoms with Crippen molar-refractivity contribution in [1.82, 2.24) is 25.5 Å². The fraction of sp³-hybridized carbons (Fsp3) is 0.406. The number of carbonyl (C=O) groups excluding carboxylic acids is 4. The van der Waals surface area contributed by atoms with Crippen molar-refractivity contribution < 1.29 is 28.7 Å². The first-order chi connectivity index (χ1) is 20.7. The molecule has 2 atom stereocenters. The number of hydrogen-bond acceptors (Lipinski definition) is 7. The van der Waals surface area contributed by atoms with Gasteiger partial charge < -0.3 is 35.3 Å². The molecule has 1 aromatic heterocycles. The largest absolute Gasteiger partial charge is 0.444 e. The van der Waals surface area contributed by atoms with Crippen LogP contribution < -0.4 is 21.3 Å². The van der Waals surface area contributed by atoms with Gasteiger partial charge in [-0.2, -0.15) is 0 Å². The number of carbonyl (C=O) groups is 4. The summed E-state index contributed by atoms with van der Waals surface area (Å²) in [7, 11) is 0. The third-order valence-electron chi connectivity index (χ3n) is 6.29. The van der Waals surface area contributed by atoms with Crippen LogP contribution in [0.4, 0.5) is 10.6 Å². The maximum absolute atomic E-state index is 13.3. The average Bonchev–Trinajstić information content (AvgIpc) is 3.38. The van der Waals surface area contributed by atoms with E-state index in [1.165, 1.54) is 30.9 Å². The van der Waals surface area contributed by atoms with Crippen LogP contribution in [0.2, 0.25) is 0 Å². The molecule has 236 valence electrons. The fourth-order valence-electron chi connectivity index (χ4n) is 4.01. The smallest absolute Gasteiger partial charge is 0.408 e. The molecular formula is C32H42N6O6. The minimum absolute atomic E-state index is 0.00901. The van der Waals surface area contributed by atoms with Crippen molar-refractivity contribution in [3.05, 3.63) is 84.3 Å². The van der Waals surface area contributed by atoms with Crippen molar-refractivity contribution in [2.45, 2.75) is 77.9 Å². The number of rotatable bonds is 13. The number of alkyl carbamates (subject to hydrolysis) is 1. The molecule has 1 heterocycles. The van der Waals surface area contributed by atoms with Crippen LogP contribution in [0.3, 0.4) is 0 Å². The van der Waals surface area contributed by atoms with Gasteiger partial charge in [-0.05, 0) is 52.7 Å². The molecule has 12 heteroatoms. The van der Waals surface area contributed by atoms with Gasteiger partial charge in [0.15, 0.2) is 5.82 Å². The van der Waals surface area contributed by atoms with E-state index in [1.54, 1.807) is 20.8 Å². The van der Waals surface area contributed by atoms with Crippen LogP contribution in [0.1, 0.15) is 58.7 Å². The van der Waals surface area contributed by atoms with E-state index in [2.05, 4.69) is 26.3 Å². The van der Waals surface area contributed by atoms with Crippen molar-refractivity contribution in [2.24, 2.45) is 0 Å². The zero-order chi connectivity index (χ0) is 32.3. The number of aromatic nitrogens is 2. The Hall–Kier alpha value is -4.71. The molecule has 0 saturated heterocycles. The van der Waals surface area contributed by atoms with Gasteiger partial charge in [0.25, 0.3) is 5.91 Å². The van der Waals surface area contributed by atoms with Crippen LogP contribution in [0, 0.1) is 0 Å². The van der Waals surface area contributed by atoms with E-state index in [0.29, 0.717) is 0 Å². The first-order valence-corrected chi connectivity index (χ1v) is 14.3. The minimum atomic E-state index is -1.41. The number of anilines is 1. The molecule has 3 aromatic rings. The van der Waals surface area contributed by atoms with E-state index >= 15 is 0 Å². The molecule has 0 bridgehead atoms. The van der Waals surface area contributed by atoms with Gasteiger partial charge in [0.2, 0.25) is 11.8 Å². The maximum Gasteiger partial charge on any atom is 0.408 e. The Kier molecular flexibility index (Phi) is 11.6. The molecular weight excluding hydrogens is 564 g/mol. The fourth-order valence-corrected chi connectivity index (χ4v) is 4.01. The van der Waals surface area contributed by atoms with E-state index < -0.39 is 35.1 Å². The molecule has 0 aliphatic rings. The van der Waals surface area contributed by atoms with Gasteiger partial charge in [0, 0.05) is 6.20 Å². The van der Waals surface area contributed by atoms with Gasteiger partial charge in [-0.25, -0.2) is 9.78 Å². The summed E-state index contributed by atoms with van der Waals surface area (Å²) in [5, 5.41) is 10.8. The zero-order valence-corrected chi connectivity index (χ0v) is 26.0. The Labute approximate surface area is 257 Å². The standard InChI is InChI=1S/C32H42N6O6/c1-22(24-15-11-8-12-16-24)34-27(39)18-38-17-26(33-21-38)36-28(40)25(20-43-19-23-13-9-7-10-14-23)35-29(41)32(5,6)37-30(42)44-31(2,3)4/h7-17,21-22,25H,18-20H2,1-6H3,(H,34,39)(H,35,41)(H,36,40)(H,37,42). The Morgan fingerprint density at radius 2 is 1.55 bits per heavy atom. The van der Waals surface area contributed by atoms with E-state index in [1.807, 2.05) is 67.6 Å². The second-order valence-electron chi connectivity index (χ2n) is 11.9. The number of imidazole rings is 1. The summed E-state index contributed by atoms with van der Waals surface area (Å²) in [6.45, 7) is 10.1. The molecule has 4 N–H and O–H groups in total. The van der Waals surface area contributed by atoms with Crippen molar-refractivity contribution in [1.29, 1.82) is 0 Å². The van der Waals surface area contributed by atoms with E-state index in [0.717, 1.165) is 11.1 Å². The second-order valence-corrected chi connectivity index (χ2v) is 11.9. The van der Waals surface area contributed by atoms with Crippen molar-refractivity contribution >= 4 is 29.6 Å². The van der Waals surface area contributed by atoms with E-state index in [9.17, 15) is 19.2 Å². The Morgan fingerprint density at radius 1 is 0.909 bits per heavy atom. The lowest BCUT2D eigenvalue weighted by atomic mass is 10.0. The molecule has 0 aliphatic carbocycles. The van der Waals surface area contributed by atoms with Gasteiger partial charge in [0.1, 0.15) is 23.7 Å². The summed E-state index contributed by atoms with van der Waals surface area (Å²) in [5.74, 6) is -1.25. The molecule has 0 saturated carbocycles. The number of amides is 4. The molecule has 44 heavy (non-hydrogen) atoms. The Balaban J connectivity index is 1.63. The van der Waals surface area contributed by atoms with Gasteiger partial charge in [0.05, 0.1) is 25.6 Å². The van der Waals surface area contributed by atoms with Gasteiger partial charge in [-0.15, -0.1) is 0 Å². The predicted molar refractivity (Wildman–Crippen MR) is 165 cm³/mol. The SMILES string of the molecule is CC(NC(=O)Cn1cnc(NC(=O)C(COCc2ccccc2)NC(=O)C(C)(C)NC(=O)OC(C)(C)C)c1)c1ccccc1. The molecule has 2 aromatic carbocycles. The van der Waals surface area contributed by atoms with Crippen molar-refractivity contribution in [2.75, 3.05) is 11.9 Å². The molecule has 12 nitrogen and oxygen atoms in total. The molecule has 0 radical (unpaired) electrons. The van der Waals surface area contributed by atoms with Gasteiger partial charge >= 0.3 is 6.09 Å². The third kappa shape index (κ3) is 11.2. The highest BCUT2D eigenvalue weighted by Crippen LogP contribution is 2.13. The van der Waals surface area contributed by atoms with Crippen molar-refractivity contribution in [3.63, 3.8) is 0 Å². The minimum Gasteiger partial charge on any atom is -0.444 e. The van der Waals surface area contributed by atoms with Crippen LogP contribution in [-0.2, 0) is 37.0 Å². The first-order valence-electron chi connectivity index (χ1n) is 14.3. The number of hydrogen-bond donors (Lipinski definition) is 4. The van der Waals surface area contributed by atoms with Crippen LogP contribution in [0.5, 0.6) is 0 Å². The lowest BCUT2D eigenvalue weighted by Crippen LogP contribution is -2.59.